The lowest BCUT2D eigenvalue weighted by Gasteiger charge is -2.08. The van der Waals surface area contributed by atoms with Crippen LogP contribution < -0.4 is 5.32 Å². The second-order valence-electron chi connectivity index (χ2n) is 3.69. The van der Waals surface area contributed by atoms with E-state index in [9.17, 15) is 9.59 Å². The van der Waals surface area contributed by atoms with Crippen molar-refractivity contribution in [3.05, 3.63) is 58.3 Å². The van der Waals surface area contributed by atoms with Gasteiger partial charge in [-0.15, -0.1) is 0 Å². The average molecular weight is 321 g/mol. The molecular weight excluding hydrogens is 312 g/mol. The third kappa shape index (κ3) is 3.17. The molecule has 5 nitrogen and oxygen atoms in total. The van der Waals surface area contributed by atoms with Gasteiger partial charge in [-0.05, 0) is 30.3 Å². The van der Waals surface area contributed by atoms with E-state index in [1.165, 1.54) is 18.3 Å². The normalized spacial score (nSPS) is 9.95. The first-order valence-electron chi connectivity index (χ1n) is 5.32. The minimum atomic E-state index is -1.11. The molecule has 96 valence electrons. The summed E-state index contributed by atoms with van der Waals surface area (Å²) in [4.78, 5) is 26.9. The predicted octanol–water partition coefficient (Wildman–Crippen LogP) is 2.79. The van der Waals surface area contributed by atoms with E-state index in [1.54, 1.807) is 24.4 Å². The summed E-state index contributed by atoms with van der Waals surface area (Å²) >= 11 is 3.19. The van der Waals surface area contributed by atoms with E-state index in [0.29, 0.717) is 10.0 Å². The summed E-state index contributed by atoms with van der Waals surface area (Å²) in [6.45, 7) is 0. The van der Waals surface area contributed by atoms with Crippen molar-refractivity contribution in [1.29, 1.82) is 0 Å². The van der Waals surface area contributed by atoms with Crippen LogP contribution in [0.1, 0.15) is 20.7 Å². The van der Waals surface area contributed by atoms with Crippen LogP contribution >= 0.6 is 15.9 Å². The summed E-state index contributed by atoms with van der Waals surface area (Å²) in [5.74, 6) is -1.51. The molecule has 0 bridgehead atoms. The lowest BCUT2D eigenvalue weighted by Crippen LogP contribution is -2.14. The monoisotopic (exact) mass is 320 g/mol. The first kappa shape index (κ1) is 13.2. The van der Waals surface area contributed by atoms with Crippen LogP contribution in [-0.4, -0.2) is 22.0 Å². The lowest BCUT2D eigenvalue weighted by atomic mass is 10.1. The highest BCUT2D eigenvalue weighted by Crippen LogP contribution is 2.21. The highest BCUT2D eigenvalue weighted by atomic mass is 79.9. The summed E-state index contributed by atoms with van der Waals surface area (Å²) < 4.78 is 0.629. The predicted molar refractivity (Wildman–Crippen MR) is 73.3 cm³/mol. The van der Waals surface area contributed by atoms with Crippen LogP contribution in [0.2, 0.25) is 0 Å². The SMILES string of the molecule is O=C(Nc1ccc(Br)cc1C(=O)O)c1cccnc1. The molecule has 0 aliphatic rings. The van der Waals surface area contributed by atoms with Crippen molar-refractivity contribution in [2.75, 3.05) is 5.32 Å². The number of rotatable bonds is 3. The Hall–Kier alpha value is -2.21. The summed E-state index contributed by atoms with van der Waals surface area (Å²) in [6, 6.07) is 7.85. The number of benzene rings is 1. The van der Waals surface area contributed by atoms with E-state index >= 15 is 0 Å². The zero-order valence-corrected chi connectivity index (χ0v) is 11.2. The Bertz CT molecular complexity index is 629. The fourth-order valence-corrected chi connectivity index (χ4v) is 1.86. The molecule has 0 aliphatic carbocycles. The van der Waals surface area contributed by atoms with Gasteiger partial charge in [0.2, 0.25) is 0 Å². The molecule has 0 saturated carbocycles. The van der Waals surface area contributed by atoms with E-state index in [4.69, 9.17) is 5.11 Å². The highest BCUT2D eigenvalue weighted by Gasteiger charge is 2.14. The molecule has 0 atom stereocenters. The van der Waals surface area contributed by atoms with E-state index in [2.05, 4.69) is 26.2 Å². The molecule has 1 aromatic carbocycles. The third-order valence-corrected chi connectivity index (χ3v) is 2.88. The van der Waals surface area contributed by atoms with Crippen LogP contribution in [0.25, 0.3) is 0 Å². The Balaban J connectivity index is 2.29. The lowest BCUT2D eigenvalue weighted by molar-refractivity contribution is 0.0698. The number of hydrogen-bond donors (Lipinski definition) is 2. The number of nitrogens with one attached hydrogen (secondary N) is 1. The number of carboxylic acids is 1. The van der Waals surface area contributed by atoms with Crippen LogP contribution in [0.5, 0.6) is 0 Å². The Kier molecular flexibility index (Phi) is 3.91. The number of aromatic carboxylic acids is 1. The number of pyridine rings is 1. The maximum absolute atomic E-state index is 11.9. The van der Waals surface area contributed by atoms with Gasteiger partial charge >= 0.3 is 5.97 Å². The Morgan fingerprint density at radius 1 is 1.26 bits per heavy atom. The van der Waals surface area contributed by atoms with E-state index in [-0.39, 0.29) is 11.3 Å². The zero-order chi connectivity index (χ0) is 13.8. The van der Waals surface area contributed by atoms with Crippen LogP contribution in [0, 0.1) is 0 Å². The molecule has 1 heterocycles. The minimum absolute atomic E-state index is 0.0200. The number of anilines is 1. The van der Waals surface area contributed by atoms with Gasteiger partial charge < -0.3 is 10.4 Å². The molecular formula is C13H9BrN2O3. The molecule has 2 N–H and O–H groups in total. The van der Waals surface area contributed by atoms with Gasteiger partial charge in [-0.3, -0.25) is 9.78 Å². The van der Waals surface area contributed by atoms with Gasteiger partial charge in [-0.2, -0.15) is 0 Å². The van der Waals surface area contributed by atoms with Gasteiger partial charge in [0.05, 0.1) is 16.8 Å². The van der Waals surface area contributed by atoms with Gasteiger partial charge in [0.15, 0.2) is 0 Å². The van der Waals surface area contributed by atoms with Gasteiger partial charge in [0, 0.05) is 16.9 Å². The summed E-state index contributed by atoms with van der Waals surface area (Å²) in [5.41, 5.74) is 0.623. The van der Waals surface area contributed by atoms with E-state index in [0.717, 1.165) is 0 Å². The molecule has 2 aromatic rings. The Labute approximate surface area is 117 Å². The first-order chi connectivity index (χ1) is 9.08. The number of carbonyl (C=O) groups is 2. The van der Waals surface area contributed by atoms with Crippen molar-refractivity contribution < 1.29 is 14.7 Å². The summed E-state index contributed by atoms with van der Waals surface area (Å²) in [7, 11) is 0. The van der Waals surface area contributed by atoms with Crippen LogP contribution in [0.3, 0.4) is 0 Å². The topological polar surface area (TPSA) is 79.3 Å². The minimum Gasteiger partial charge on any atom is -0.478 e. The van der Waals surface area contributed by atoms with Crippen LogP contribution in [-0.2, 0) is 0 Å². The number of carboxylic acid groups (broad SMARTS) is 1. The number of carbonyl (C=O) groups excluding carboxylic acids is 1. The molecule has 0 unspecified atom stereocenters. The van der Waals surface area contributed by atoms with E-state index in [1.807, 2.05) is 0 Å². The molecule has 0 fully saturated rings. The summed E-state index contributed by atoms with van der Waals surface area (Å²) in [6.07, 6.45) is 2.97. The van der Waals surface area contributed by atoms with Crippen molar-refractivity contribution in [1.82, 2.24) is 4.98 Å². The molecule has 0 saturated heterocycles. The number of halogens is 1. The molecule has 1 amide bonds. The van der Waals surface area contributed by atoms with E-state index < -0.39 is 11.9 Å². The largest absolute Gasteiger partial charge is 0.478 e. The standard InChI is InChI=1S/C13H9BrN2O3/c14-9-3-4-11(10(6-9)13(18)19)16-12(17)8-2-1-5-15-7-8/h1-7H,(H,16,17)(H,18,19). The Morgan fingerprint density at radius 3 is 2.68 bits per heavy atom. The second-order valence-corrected chi connectivity index (χ2v) is 4.61. The molecule has 0 aliphatic heterocycles. The number of amides is 1. The molecule has 0 radical (unpaired) electrons. The smallest absolute Gasteiger partial charge is 0.337 e. The first-order valence-corrected chi connectivity index (χ1v) is 6.11. The fourth-order valence-electron chi connectivity index (χ4n) is 1.49. The fraction of sp³-hybridized carbons (Fsp3) is 0. The van der Waals surface area contributed by atoms with Crippen LogP contribution in [0.15, 0.2) is 47.2 Å². The molecule has 0 spiro atoms. The molecule has 2 rings (SSSR count). The highest BCUT2D eigenvalue weighted by molar-refractivity contribution is 9.10. The maximum atomic E-state index is 11.9. The molecule has 19 heavy (non-hydrogen) atoms. The summed E-state index contributed by atoms with van der Waals surface area (Å²) in [5, 5.41) is 11.6. The molecule has 6 heteroatoms. The van der Waals surface area contributed by atoms with Crippen molar-refractivity contribution in [2.45, 2.75) is 0 Å². The quantitative estimate of drug-likeness (QED) is 0.911. The number of nitrogens with zero attached hydrogens (tertiary/aromatic N) is 1. The molecule has 1 aromatic heterocycles. The maximum Gasteiger partial charge on any atom is 0.337 e. The van der Waals surface area contributed by atoms with Gasteiger partial charge in [0.25, 0.3) is 5.91 Å². The van der Waals surface area contributed by atoms with Gasteiger partial charge in [0.1, 0.15) is 0 Å². The third-order valence-electron chi connectivity index (χ3n) is 2.38. The van der Waals surface area contributed by atoms with Crippen molar-refractivity contribution >= 4 is 33.5 Å². The van der Waals surface area contributed by atoms with Crippen molar-refractivity contribution in [3.63, 3.8) is 0 Å². The van der Waals surface area contributed by atoms with Gasteiger partial charge in [-0.25, -0.2) is 4.79 Å². The number of aromatic nitrogens is 1. The van der Waals surface area contributed by atoms with Crippen molar-refractivity contribution in [2.24, 2.45) is 0 Å². The van der Waals surface area contributed by atoms with Crippen LogP contribution in [0.4, 0.5) is 5.69 Å². The number of hydrogen-bond acceptors (Lipinski definition) is 3. The second kappa shape index (κ2) is 5.62. The Morgan fingerprint density at radius 2 is 2.05 bits per heavy atom. The average Bonchev–Trinajstić information content (AvgIpc) is 2.41. The zero-order valence-electron chi connectivity index (χ0n) is 9.63. The van der Waals surface area contributed by atoms with Gasteiger partial charge in [-0.1, -0.05) is 15.9 Å². The van der Waals surface area contributed by atoms with Crippen molar-refractivity contribution in [3.8, 4) is 0 Å².